The summed E-state index contributed by atoms with van der Waals surface area (Å²) in [6, 6.07) is 5.08. The zero-order valence-electron chi connectivity index (χ0n) is 18.3. The predicted octanol–water partition coefficient (Wildman–Crippen LogP) is 4.32. The fourth-order valence-electron chi connectivity index (χ4n) is 4.22. The van der Waals surface area contributed by atoms with Crippen LogP contribution < -0.4 is 15.9 Å². The molecule has 1 aliphatic heterocycles. The maximum absolute atomic E-state index is 13.9. The molecule has 0 saturated carbocycles. The van der Waals surface area contributed by atoms with Crippen LogP contribution in [0.3, 0.4) is 0 Å². The molecule has 3 heterocycles. The van der Waals surface area contributed by atoms with Crippen molar-refractivity contribution in [1.29, 1.82) is 5.26 Å². The van der Waals surface area contributed by atoms with E-state index in [2.05, 4.69) is 25.6 Å². The van der Waals surface area contributed by atoms with Crippen molar-refractivity contribution >= 4 is 29.3 Å². The molecule has 0 bridgehead atoms. The molecule has 1 fully saturated rings. The molecule has 1 unspecified atom stereocenters. The summed E-state index contributed by atoms with van der Waals surface area (Å²) in [7, 11) is -2.91. The quantitative estimate of drug-likeness (QED) is 0.485. The van der Waals surface area contributed by atoms with E-state index in [1.165, 1.54) is 25.6 Å². The van der Waals surface area contributed by atoms with Gasteiger partial charge in [0, 0.05) is 35.9 Å². The minimum atomic E-state index is -4.67. The summed E-state index contributed by atoms with van der Waals surface area (Å²) in [6.07, 6.45) is 0.448. The van der Waals surface area contributed by atoms with Crippen molar-refractivity contribution in [2.45, 2.75) is 31.5 Å². The van der Waals surface area contributed by atoms with E-state index >= 15 is 0 Å². The lowest BCUT2D eigenvalue weighted by Gasteiger charge is -2.18. The first-order valence-corrected chi connectivity index (χ1v) is 13.2. The Balaban J connectivity index is 1.86. The van der Waals surface area contributed by atoms with E-state index in [0.29, 0.717) is 22.8 Å². The second kappa shape index (κ2) is 8.81. The summed E-state index contributed by atoms with van der Waals surface area (Å²) in [4.78, 5) is 11.1. The van der Waals surface area contributed by atoms with Crippen molar-refractivity contribution in [2.24, 2.45) is 0 Å². The summed E-state index contributed by atoms with van der Waals surface area (Å²) < 4.78 is 54.5. The first-order chi connectivity index (χ1) is 15.6. The highest BCUT2D eigenvalue weighted by Crippen LogP contribution is 2.42. The molecule has 0 radical (unpaired) electrons. The van der Waals surface area contributed by atoms with Gasteiger partial charge >= 0.3 is 6.18 Å². The number of hydrogen-bond acceptors (Lipinski definition) is 6. The Morgan fingerprint density at radius 1 is 1.27 bits per heavy atom. The summed E-state index contributed by atoms with van der Waals surface area (Å²) in [5.41, 5.74) is -0.417. The second-order valence-corrected chi connectivity index (χ2v) is 11.7. The van der Waals surface area contributed by atoms with Gasteiger partial charge in [-0.2, -0.15) is 18.4 Å². The van der Waals surface area contributed by atoms with Crippen molar-refractivity contribution in [2.75, 3.05) is 31.7 Å². The minimum Gasteiger partial charge on any atom is -0.360 e. The van der Waals surface area contributed by atoms with Crippen LogP contribution in [-0.4, -0.2) is 47.4 Å². The lowest BCUT2D eigenvalue weighted by atomic mass is 10.0. The number of nitrogens with zero attached hydrogens (tertiary/aromatic N) is 3. The number of hydrogen-bond donors (Lipinski definition) is 3. The lowest BCUT2D eigenvalue weighted by molar-refractivity contribution is -0.137. The fourth-order valence-corrected chi connectivity index (χ4v) is 5.65. The maximum Gasteiger partial charge on any atom is 0.419 e. The van der Waals surface area contributed by atoms with E-state index in [-0.39, 0.29) is 28.8 Å². The number of alkyl halides is 3. The summed E-state index contributed by atoms with van der Waals surface area (Å²) in [6.45, 7) is 4.63. The molecule has 2 aromatic heterocycles. The Morgan fingerprint density at radius 2 is 2.06 bits per heavy atom. The van der Waals surface area contributed by atoms with Crippen molar-refractivity contribution in [3.05, 3.63) is 35.7 Å². The van der Waals surface area contributed by atoms with E-state index in [1.807, 2.05) is 6.07 Å². The Morgan fingerprint density at radius 3 is 2.76 bits per heavy atom. The van der Waals surface area contributed by atoms with Crippen LogP contribution in [0.15, 0.2) is 24.5 Å². The molecule has 174 valence electrons. The van der Waals surface area contributed by atoms with Gasteiger partial charge in [-0.25, -0.2) is 9.97 Å². The molecular formula is C22H24F3N6OP. The van der Waals surface area contributed by atoms with Crippen LogP contribution in [0.5, 0.6) is 0 Å². The number of halogens is 3. The lowest BCUT2D eigenvalue weighted by Crippen LogP contribution is -2.31. The Kier molecular flexibility index (Phi) is 6.21. The van der Waals surface area contributed by atoms with Crippen molar-refractivity contribution in [1.82, 2.24) is 20.3 Å². The summed E-state index contributed by atoms with van der Waals surface area (Å²) >= 11 is 0. The number of aromatic amines is 1. The fraction of sp³-hybridized carbons (Fsp3) is 0.409. The van der Waals surface area contributed by atoms with Crippen LogP contribution in [0, 0.1) is 11.3 Å². The van der Waals surface area contributed by atoms with Gasteiger partial charge < -0.3 is 20.2 Å². The smallest absolute Gasteiger partial charge is 0.360 e. The third-order valence-electron chi connectivity index (χ3n) is 5.72. The molecule has 0 amide bonds. The van der Waals surface area contributed by atoms with E-state index in [1.54, 1.807) is 6.07 Å². The Hall–Kier alpha value is -2.89. The summed E-state index contributed by atoms with van der Waals surface area (Å²) in [5, 5.41) is 16.6. The number of benzene rings is 1. The third-order valence-corrected chi connectivity index (χ3v) is 7.26. The number of rotatable bonds is 4. The van der Waals surface area contributed by atoms with E-state index < -0.39 is 18.9 Å². The third kappa shape index (κ3) is 4.75. The Bertz CT molecular complexity index is 1270. The molecule has 3 N–H and O–H groups in total. The largest absolute Gasteiger partial charge is 0.419 e. The average molecular weight is 476 g/mol. The number of H-pyrrole nitrogens is 1. The minimum absolute atomic E-state index is 0.0101. The molecule has 33 heavy (non-hydrogen) atoms. The standard InChI is InChI=1S/C22H24F3N6OP/c1-33(2,32)20-13(9-26)6-7-15-16(11-28-19(15)20)18-17(22(23,24)25)12-29-21(31-18)30-14-5-3-4-8-27-10-14/h6-7,11-12,14,27-28H,3-5,8,10H2,1-2H3,(H,29,30,31). The van der Waals surface area contributed by atoms with Crippen LogP contribution in [0.4, 0.5) is 19.1 Å². The average Bonchev–Trinajstić information content (AvgIpc) is 3.00. The molecule has 1 atom stereocenters. The molecule has 1 saturated heterocycles. The highest BCUT2D eigenvalue weighted by Gasteiger charge is 2.36. The van der Waals surface area contributed by atoms with Gasteiger partial charge in [-0.1, -0.05) is 12.5 Å². The van der Waals surface area contributed by atoms with Crippen LogP contribution in [0.25, 0.3) is 22.2 Å². The molecule has 3 aromatic rings. The van der Waals surface area contributed by atoms with Crippen molar-refractivity contribution in [3.8, 4) is 17.3 Å². The molecule has 1 aromatic carbocycles. The monoisotopic (exact) mass is 476 g/mol. The van der Waals surface area contributed by atoms with Gasteiger partial charge in [0.1, 0.15) is 12.7 Å². The maximum atomic E-state index is 13.9. The number of nitriles is 1. The molecular weight excluding hydrogens is 452 g/mol. The van der Waals surface area contributed by atoms with Crippen LogP contribution in [-0.2, 0) is 10.7 Å². The van der Waals surface area contributed by atoms with Gasteiger partial charge in [0.25, 0.3) is 0 Å². The van der Waals surface area contributed by atoms with Gasteiger partial charge in [0.05, 0.1) is 28.1 Å². The van der Waals surface area contributed by atoms with Crippen LogP contribution in [0.1, 0.15) is 30.4 Å². The van der Waals surface area contributed by atoms with Gasteiger partial charge in [0.2, 0.25) is 5.95 Å². The van der Waals surface area contributed by atoms with Gasteiger partial charge in [0.15, 0.2) is 0 Å². The van der Waals surface area contributed by atoms with E-state index in [9.17, 15) is 23.0 Å². The molecule has 1 aliphatic rings. The van der Waals surface area contributed by atoms with Crippen molar-refractivity contribution < 1.29 is 17.7 Å². The zero-order valence-corrected chi connectivity index (χ0v) is 19.1. The number of aromatic nitrogens is 3. The number of anilines is 1. The van der Waals surface area contributed by atoms with Crippen molar-refractivity contribution in [3.63, 3.8) is 0 Å². The zero-order chi connectivity index (χ0) is 23.8. The first kappa shape index (κ1) is 23.3. The molecule has 0 spiro atoms. The van der Waals surface area contributed by atoms with Gasteiger partial charge in [-0.05, 0) is 38.8 Å². The predicted molar refractivity (Wildman–Crippen MR) is 122 cm³/mol. The second-order valence-electron chi connectivity index (χ2n) is 8.54. The van der Waals surface area contributed by atoms with Gasteiger partial charge in [-0.3, -0.25) is 0 Å². The van der Waals surface area contributed by atoms with Crippen LogP contribution in [0.2, 0.25) is 0 Å². The summed E-state index contributed by atoms with van der Waals surface area (Å²) in [5.74, 6) is 0.117. The van der Waals surface area contributed by atoms with E-state index in [0.717, 1.165) is 32.0 Å². The number of nitrogens with one attached hydrogen (secondary N) is 3. The first-order valence-electron chi connectivity index (χ1n) is 10.6. The topological polar surface area (TPSA) is 106 Å². The molecule has 4 rings (SSSR count). The van der Waals surface area contributed by atoms with Crippen LogP contribution >= 0.6 is 7.14 Å². The highest BCUT2D eigenvalue weighted by atomic mass is 31.2. The normalized spacial score (nSPS) is 17.5. The SMILES string of the molecule is CP(C)(=O)c1c(C#N)ccc2c(-c3nc(NC4CCCCNC4)ncc3C(F)(F)F)c[nH]c12. The molecule has 11 heteroatoms. The molecule has 7 nitrogen and oxygen atoms in total. The number of fused-ring (bicyclic) bond motifs is 1. The molecule has 0 aliphatic carbocycles. The van der Waals surface area contributed by atoms with Gasteiger partial charge in [-0.15, -0.1) is 0 Å². The highest BCUT2D eigenvalue weighted by molar-refractivity contribution is 7.70. The Labute approximate surface area is 189 Å². The van der Waals surface area contributed by atoms with E-state index in [4.69, 9.17) is 0 Å².